The number of pyridine rings is 1. The number of fused-ring (bicyclic) bond motifs is 1. The second kappa shape index (κ2) is 4.77. The summed E-state index contributed by atoms with van der Waals surface area (Å²) in [6.07, 6.45) is 1.65. The van der Waals surface area contributed by atoms with Crippen LogP contribution in [0.3, 0.4) is 0 Å². The van der Waals surface area contributed by atoms with Crippen molar-refractivity contribution in [1.82, 2.24) is 9.97 Å². The van der Waals surface area contributed by atoms with Crippen molar-refractivity contribution in [2.45, 2.75) is 13.8 Å². The molecule has 0 saturated heterocycles. The lowest BCUT2D eigenvalue weighted by Crippen LogP contribution is -1.79. The van der Waals surface area contributed by atoms with E-state index in [2.05, 4.69) is 20.2 Å². The average molecular weight is 266 g/mol. The van der Waals surface area contributed by atoms with Gasteiger partial charge in [0.05, 0.1) is 5.52 Å². The number of aromatic hydroxyl groups is 1. The van der Waals surface area contributed by atoms with Gasteiger partial charge >= 0.3 is 0 Å². The normalized spacial score (nSPS) is 11.5. The highest BCUT2D eigenvalue weighted by atomic mass is 16.3. The smallest absolute Gasteiger partial charge is 0.218 e. The molecule has 2 heterocycles. The summed E-state index contributed by atoms with van der Waals surface area (Å²) in [7, 11) is 0. The molecule has 100 valence electrons. The van der Waals surface area contributed by atoms with Gasteiger partial charge in [0.2, 0.25) is 5.88 Å². The number of hydrogen-bond donors (Lipinski definition) is 2. The Balaban J connectivity index is 2.15. The molecule has 0 bridgehead atoms. The Morgan fingerprint density at radius 3 is 2.60 bits per heavy atom. The van der Waals surface area contributed by atoms with E-state index in [1.54, 1.807) is 12.3 Å². The van der Waals surface area contributed by atoms with Gasteiger partial charge in [0, 0.05) is 11.6 Å². The van der Waals surface area contributed by atoms with Gasteiger partial charge in [0.25, 0.3) is 0 Å². The van der Waals surface area contributed by atoms with Gasteiger partial charge < -0.3 is 10.1 Å². The van der Waals surface area contributed by atoms with E-state index in [0.717, 1.165) is 22.0 Å². The summed E-state index contributed by atoms with van der Waals surface area (Å²) in [5.74, 6) is 0.531. The maximum atomic E-state index is 10.0. The highest BCUT2D eigenvalue weighted by Crippen LogP contribution is 2.39. The molecule has 0 aliphatic rings. The first kappa shape index (κ1) is 12.3. The van der Waals surface area contributed by atoms with Crippen LogP contribution in [0.25, 0.3) is 10.9 Å². The van der Waals surface area contributed by atoms with E-state index in [-0.39, 0.29) is 5.88 Å². The average Bonchev–Trinajstić information content (AvgIpc) is 2.80. The summed E-state index contributed by atoms with van der Waals surface area (Å²) >= 11 is 0. The number of nitrogens with zero attached hydrogens (tertiary/aromatic N) is 3. The first-order valence-electron chi connectivity index (χ1n) is 6.30. The number of aryl methyl sites for hydroxylation is 2. The largest absolute Gasteiger partial charge is 0.493 e. The molecule has 3 aromatic rings. The van der Waals surface area contributed by atoms with Gasteiger partial charge in [0.15, 0.2) is 11.5 Å². The van der Waals surface area contributed by atoms with Crippen LogP contribution in [0, 0.1) is 13.8 Å². The van der Waals surface area contributed by atoms with Crippen molar-refractivity contribution in [2.75, 3.05) is 0 Å². The molecule has 0 atom stereocenters. The molecular weight excluding hydrogens is 252 g/mol. The van der Waals surface area contributed by atoms with E-state index in [4.69, 9.17) is 0 Å². The second-order valence-electron chi connectivity index (χ2n) is 4.66. The van der Waals surface area contributed by atoms with E-state index >= 15 is 0 Å². The number of aromatic amines is 1. The first-order valence-corrected chi connectivity index (χ1v) is 6.30. The number of rotatable bonds is 2. The van der Waals surface area contributed by atoms with Crippen molar-refractivity contribution < 1.29 is 5.11 Å². The quantitative estimate of drug-likeness (QED) is 0.678. The highest BCUT2D eigenvalue weighted by molar-refractivity contribution is 5.98. The van der Waals surface area contributed by atoms with E-state index in [0.29, 0.717) is 11.5 Å². The Bertz CT molecular complexity index is 790. The zero-order valence-corrected chi connectivity index (χ0v) is 11.3. The number of azo groups is 1. The van der Waals surface area contributed by atoms with Gasteiger partial charge in [-0.2, -0.15) is 0 Å². The summed E-state index contributed by atoms with van der Waals surface area (Å²) in [5, 5.41) is 19.1. The molecule has 5 nitrogen and oxygen atoms in total. The van der Waals surface area contributed by atoms with Crippen LogP contribution in [0.2, 0.25) is 0 Å². The minimum absolute atomic E-state index is 0.0251. The monoisotopic (exact) mass is 266 g/mol. The third-order valence-corrected chi connectivity index (χ3v) is 3.23. The summed E-state index contributed by atoms with van der Waals surface area (Å²) in [5.41, 5.74) is 3.43. The fraction of sp³-hybridized carbons (Fsp3) is 0.133. The fourth-order valence-electron chi connectivity index (χ4n) is 2.18. The SMILES string of the molecule is Cc1ccc(C)c2c(N=Nc3ccccn3)c(O)[nH]c12. The molecule has 0 saturated carbocycles. The lowest BCUT2D eigenvalue weighted by atomic mass is 10.1. The lowest BCUT2D eigenvalue weighted by Gasteiger charge is -1.99. The standard InChI is InChI=1S/C15H14N4O/c1-9-6-7-10(2)13-12(9)14(15(20)17-13)19-18-11-5-3-4-8-16-11/h3-8,17,20H,1-2H3. The van der Waals surface area contributed by atoms with Gasteiger partial charge in [-0.25, -0.2) is 4.98 Å². The number of benzene rings is 1. The minimum Gasteiger partial charge on any atom is -0.493 e. The van der Waals surface area contributed by atoms with Crippen LogP contribution in [0.5, 0.6) is 5.88 Å². The lowest BCUT2D eigenvalue weighted by molar-refractivity contribution is 0.459. The van der Waals surface area contributed by atoms with Crippen molar-refractivity contribution in [3.05, 3.63) is 47.7 Å². The molecule has 2 N–H and O–H groups in total. The summed E-state index contributed by atoms with van der Waals surface area (Å²) < 4.78 is 0. The predicted molar refractivity (Wildman–Crippen MR) is 77.9 cm³/mol. The van der Waals surface area contributed by atoms with Crippen LogP contribution in [0.4, 0.5) is 11.5 Å². The van der Waals surface area contributed by atoms with Gasteiger partial charge in [-0.05, 0) is 37.1 Å². The van der Waals surface area contributed by atoms with E-state index in [9.17, 15) is 5.11 Å². The van der Waals surface area contributed by atoms with Crippen LogP contribution in [0.15, 0.2) is 46.8 Å². The molecule has 20 heavy (non-hydrogen) atoms. The van der Waals surface area contributed by atoms with Gasteiger partial charge in [-0.15, -0.1) is 10.2 Å². The van der Waals surface area contributed by atoms with Crippen LogP contribution >= 0.6 is 0 Å². The number of H-pyrrole nitrogens is 1. The topological polar surface area (TPSA) is 73.6 Å². The van der Waals surface area contributed by atoms with E-state index < -0.39 is 0 Å². The summed E-state index contributed by atoms with van der Waals surface area (Å²) in [6, 6.07) is 9.42. The molecule has 0 unspecified atom stereocenters. The van der Waals surface area contributed by atoms with Gasteiger partial charge in [-0.3, -0.25) is 0 Å². The van der Waals surface area contributed by atoms with Gasteiger partial charge in [0.1, 0.15) is 0 Å². The zero-order valence-electron chi connectivity index (χ0n) is 11.3. The Hall–Kier alpha value is -2.69. The van der Waals surface area contributed by atoms with Crippen LogP contribution in [0.1, 0.15) is 11.1 Å². The Morgan fingerprint density at radius 1 is 1.05 bits per heavy atom. The number of hydrogen-bond acceptors (Lipinski definition) is 4. The van der Waals surface area contributed by atoms with Crippen molar-refractivity contribution in [3.63, 3.8) is 0 Å². The third kappa shape index (κ3) is 2.03. The first-order chi connectivity index (χ1) is 9.66. The molecule has 2 aromatic heterocycles. The fourth-order valence-corrected chi connectivity index (χ4v) is 2.18. The second-order valence-corrected chi connectivity index (χ2v) is 4.66. The van der Waals surface area contributed by atoms with Crippen LogP contribution < -0.4 is 0 Å². The summed E-state index contributed by atoms with van der Waals surface area (Å²) in [4.78, 5) is 7.03. The molecule has 5 heteroatoms. The van der Waals surface area contributed by atoms with Crippen molar-refractivity contribution >= 4 is 22.4 Å². The number of nitrogens with one attached hydrogen (secondary N) is 1. The zero-order chi connectivity index (χ0) is 14.1. The molecule has 0 fully saturated rings. The maximum Gasteiger partial charge on any atom is 0.218 e. The summed E-state index contributed by atoms with van der Waals surface area (Å²) in [6.45, 7) is 3.96. The Labute approximate surface area is 116 Å². The Morgan fingerprint density at radius 2 is 1.85 bits per heavy atom. The Kier molecular flexibility index (Phi) is 2.95. The molecule has 1 aromatic carbocycles. The number of aromatic nitrogens is 2. The van der Waals surface area contributed by atoms with Crippen LogP contribution in [-0.4, -0.2) is 15.1 Å². The molecule has 3 rings (SSSR count). The predicted octanol–water partition coefficient (Wildman–Crippen LogP) is 4.30. The van der Waals surface area contributed by atoms with Gasteiger partial charge in [-0.1, -0.05) is 18.2 Å². The van der Waals surface area contributed by atoms with Crippen molar-refractivity contribution in [3.8, 4) is 5.88 Å². The highest BCUT2D eigenvalue weighted by Gasteiger charge is 2.14. The van der Waals surface area contributed by atoms with E-state index in [1.807, 2.05) is 38.1 Å². The van der Waals surface area contributed by atoms with E-state index in [1.165, 1.54) is 0 Å². The van der Waals surface area contributed by atoms with Crippen molar-refractivity contribution in [2.24, 2.45) is 10.2 Å². The molecule has 0 aliphatic heterocycles. The molecule has 0 spiro atoms. The molecule has 0 aliphatic carbocycles. The maximum absolute atomic E-state index is 10.0. The third-order valence-electron chi connectivity index (χ3n) is 3.23. The van der Waals surface area contributed by atoms with Crippen LogP contribution in [-0.2, 0) is 0 Å². The molecular formula is C15H14N4O. The minimum atomic E-state index is 0.0251. The van der Waals surface area contributed by atoms with Crippen molar-refractivity contribution in [1.29, 1.82) is 0 Å². The molecule has 0 amide bonds. The molecule has 0 radical (unpaired) electrons.